The van der Waals surface area contributed by atoms with Crippen LogP contribution >= 0.6 is 0 Å². The van der Waals surface area contributed by atoms with Gasteiger partial charge >= 0.3 is 6.09 Å². The number of benzene rings is 1. The smallest absolute Gasteiger partial charge is 0.408 e. The Morgan fingerprint density at radius 1 is 1.08 bits per heavy atom. The van der Waals surface area contributed by atoms with Crippen molar-refractivity contribution in [2.45, 2.75) is 91.5 Å². The minimum absolute atomic E-state index is 0.0257. The van der Waals surface area contributed by atoms with E-state index in [-0.39, 0.29) is 25.3 Å². The van der Waals surface area contributed by atoms with Gasteiger partial charge < -0.3 is 26.0 Å². The molecule has 200 valence electrons. The van der Waals surface area contributed by atoms with Crippen molar-refractivity contribution in [3.8, 4) is 0 Å². The van der Waals surface area contributed by atoms with Crippen molar-refractivity contribution in [2.24, 2.45) is 5.73 Å². The van der Waals surface area contributed by atoms with E-state index in [0.29, 0.717) is 5.56 Å². The Labute approximate surface area is 214 Å². The monoisotopic (exact) mass is 502 g/mol. The molecule has 0 fully saturated rings. The third-order valence-corrected chi connectivity index (χ3v) is 5.15. The molecule has 1 aromatic rings. The van der Waals surface area contributed by atoms with E-state index in [1.165, 1.54) is 11.0 Å². The van der Waals surface area contributed by atoms with Gasteiger partial charge in [0, 0.05) is 18.5 Å². The molecule has 9 heteroatoms. The molecule has 0 saturated heterocycles. The molecule has 4 amide bonds. The van der Waals surface area contributed by atoms with Crippen LogP contribution in [0.3, 0.4) is 0 Å². The number of ether oxygens (including phenoxy) is 1. The molecule has 2 unspecified atom stereocenters. The zero-order valence-electron chi connectivity index (χ0n) is 22.9. The van der Waals surface area contributed by atoms with E-state index in [0.717, 1.165) is 11.1 Å². The van der Waals surface area contributed by atoms with Crippen LogP contribution in [0.4, 0.5) is 4.79 Å². The average molecular weight is 503 g/mol. The molecule has 0 bridgehead atoms. The van der Waals surface area contributed by atoms with Crippen LogP contribution in [0.25, 0.3) is 0 Å². The Morgan fingerprint density at radius 2 is 1.64 bits per heavy atom. The lowest BCUT2D eigenvalue weighted by atomic mass is 9.92. The summed E-state index contributed by atoms with van der Waals surface area (Å²) in [5.74, 6) is -1.55. The average Bonchev–Trinajstić information content (AvgIpc) is 2.69. The summed E-state index contributed by atoms with van der Waals surface area (Å²) < 4.78 is 5.33. The summed E-state index contributed by atoms with van der Waals surface area (Å²) in [6, 6.07) is 3.47. The topological polar surface area (TPSA) is 131 Å². The second-order valence-electron chi connectivity index (χ2n) is 10.9. The molecular formula is C27H42N4O5. The van der Waals surface area contributed by atoms with Gasteiger partial charge in [-0.25, -0.2) is 4.79 Å². The lowest BCUT2D eigenvalue weighted by Crippen LogP contribution is -2.55. The van der Waals surface area contributed by atoms with Crippen molar-refractivity contribution in [1.29, 1.82) is 0 Å². The van der Waals surface area contributed by atoms with E-state index in [4.69, 9.17) is 10.5 Å². The number of hydrogen-bond acceptors (Lipinski definition) is 5. The van der Waals surface area contributed by atoms with Gasteiger partial charge in [-0.05, 0) is 78.5 Å². The predicted molar refractivity (Wildman–Crippen MR) is 140 cm³/mol. The van der Waals surface area contributed by atoms with Crippen LogP contribution in [-0.4, -0.2) is 52.4 Å². The van der Waals surface area contributed by atoms with Crippen molar-refractivity contribution in [3.05, 3.63) is 47.5 Å². The summed E-state index contributed by atoms with van der Waals surface area (Å²) in [7, 11) is 0. The highest BCUT2D eigenvalue weighted by Gasteiger charge is 2.38. The number of nitrogens with one attached hydrogen (secondary N) is 2. The third-order valence-electron chi connectivity index (χ3n) is 5.15. The number of primary amides is 1. The van der Waals surface area contributed by atoms with Gasteiger partial charge in [-0.2, -0.15) is 0 Å². The molecule has 4 N–H and O–H groups in total. The molecule has 0 saturated carbocycles. The zero-order valence-corrected chi connectivity index (χ0v) is 22.9. The molecule has 1 rings (SSSR count). The van der Waals surface area contributed by atoms with Crippen molar-refractivity contribution in [1.82, 2.24) is 15.5 Å². The molecule has 0 aliphatic carbocycles. The summed E-state index contributed by atoms with van der Waals surface area (Å²) in [4.78, 5) is 53.0. The standard InChI is InChI=1S/C27H42N4O5/c1-10-16-31(24(34)19(14-15-20(28)32)29-25(35)36-27(7,8)9)22(23(33)30-26(4,5)6)21-17(2)12-11-13-18(21)3/h10-13,19,22H,1,14-16H2,2-9H3,(H2,28,32)(H,29,35)(H,30,33). The zero-order chi connectivity index (χ0) is 27.8. The van der Waals surface area contributed by atoms with E-state index in [1.54, 1.807) is 20.8 Å². The molecule has 0 aliphatic rings. The van der Waals surface area contributed by atoms with Crippen molar-refractivity contribution < 1.29 is 23.9 Å². The minimum atomic E-state index is -1.15. The third kappa shape index (κ3) is 9.71. The first-order valence-electron chi connectivity index (χ1n) is 12.0. The van der Waals surface area contributed by atoms with Crippen LogP contribution in [0, 0.1) is 13.8 Å². The first-order chi connectivity index (χ1) is 16.5. The Hall–Kier alpha value is -3.36. The maximum absolute atomic E-state index is 13.9. The number of carbonyl (C=O) groups excluding carboxylic acids is 4. The van der Waals surface area contributed by atoms with Crippen LogP contribution in [-0.2, 0) is 19.1 Å². The minimum Gasteiger partial charge on any atom is -0.444 e. The van der Waals surface area contributed by atoms with Gasteiger partial charge in [-0.3, -0.25) is 14.4 Å². The number of rotatable bonds is 10. The predicted octanol–water partition coefficient (Wildman–Crippen LogP) is 3.43. The number of alkyl carbamates (subject to hydrolysis) is 1. The van der Waals surface area contributed by atoms with Gasteiger partial charge in [-0.15, -0.1) is 6.58 Å². The number of carbonyl (C=O) groups is 4. The summed E-state index contributed by atoms with van der Waals surface area (Å²) >= 11 is 0. The molecule has 0 radical (unpaired) electrons. The maximum atomic E-state index is 13.9. The van der Waals surface area contributed by atoms with Crippen LogP contribution < -0.4 is 16.4 Å². The summed E-state index contributed by atoms with van der Waals surface area (Å²) in [6.45, 7) is 18.2. The molecular weight excluding hydrogens is 460 g/mol. The highest BCUT2D eigenvalue weighted by atomic mass is 16.6. The molecule has 2 atom stereocenters. The molecule has 36 heavy (non-hydrogen) atoms. The Kier molecular flexibility index (Phi) is 10.7. The van der Waals surface area contributed by atoms with Gasteiger partial charge in [0.05, 0.1) is 0 Å². The van der Waals surface area contributed by atoms with Crippen LogP contribution in [0.2, 0.25) is 0 Å². The molecule has 0 aliphatic heterocycles. The van der Waals surface area contributed by atoms with E-state index >= 15 is 0 Å². The van der Waals surface area contributed by atoms with E-state index in [1.807, 2.05) is 52.8 Å². The second-order valence-corrected chi connectivity index (χ2v) is 10.9. The van der Waals surface area contributed by atoms with Gasteiger partial charge in [0.2, 0.25) is 17.7 Å². The number of hydrogen-bond donors (Lipinski definition) is 3. The second kappa shape index (κ2) is 12.6. The lowest BCUT2D eigenvalue weighted by molar-refractivity contribution is -0.142. The number of aryl methyl sites for hydroxylation is 2. The van der Waals surface area contributed by atoms with E-state index in [2.05, 4.69) is 17.2 Å². The highest BCUT2D eigenvalue weighted by Crippen LogP contribution is 2.29. The van der Waals surface area contributed by atoms with E-state index in [9.17, 15) is 19.2 Å². The van der Waals surface area contributed by atoms with Crippen molar-refractivity contribution >= 4 is 23.8 Å². The van der Waals surface area contributed by atoms with Gasteiger partial charge in [-0.1, -0.05) is 24.3 Å². The first kappa shape index (κ1) is 30.7. The fourth-order valence-electron chi connectivity index (χ4n) is 3.78. The Balaban J connectivity index is 3.59. The molecule has 0 spiro atoms. The highest BCUT2D eigenvalue weighted by molar-refractivity contribution is 5.93. The molecule has 1 aromatic carbocycles. The van der Waals surface area contributed by atoms with Gasteiger partial charge in [0.25, 0.3) is 0 Å². The quantitative estimate of drug-likeness (QED) is 0.422. The number of nitrogens with two attached hydrogens (primary N) is 1. The van der Waals surface area contributed by atoms with Crippen molar-refractivity contribution in [2.75, 3.05) is 6.54 Å². The normalized spacial score (nSPS) is 13.2. The van der Waals surface area contributed by atoms with Gasteiger partial charge in [0.15, 0.2) is 0 Å². The van der Waals surface area contributed by atoms with Crippen molar-refractivity contribution in [3.63, 3.8) is 0 Å². The fraction of sp³-hybridized carbons (Fsp3) is 0.556. The molecule has 0 heterocycles. The van der Waals surface area contributed by atoms with Crippen LogP contribution in [0.15, 0.2) is 30.9 Å². The number of amides is 4. The number of nitrogens with zero attached hydrogens (tertiary/aromatic N) is 1. The SMILES string of the molecule is C=CCN(C(=O)C(CCC(N)=O)NC(=O)OC(C)(C)C)C(C(=O)NC(C)(C)C)c1c(C)cccc1C. The van der Waals surface area contributed by atoms with Gasteiger partial charge in [0.1, 0.15) is 17.7 Å². The summed E-state index contributed by atoms with van der Waals surface area (Å²) in [6.07, 6.45) is 0.505. The van der Waals surface area contributed by atoms with Crippen LogP contribution in [0.1, 0.15) is 77.1 Å². The summed E-state index contributed by atoms with van der Waals surface area (Å²) in [5.41, 5.74) is 6.32. The van der Waals surface area contributed by atoms with Crippen LogP contribution in [0.5, 0.6) is 0 Å². The largest absolute Gasteiger partial charge is 0.444 e. The lowest BCUT2D eigenvalue weighted by Gasteiger charge is -2.36. The Bertz CT molecular complexity index is 955. The molecule has 9 nitrogen and oxygen atoms in total. The first-order valence-corrected chi connectivity index (χ1v) is 12.0. The summed E-state index contributed by atoms with van der Waals surface area (Å²) in [5, 5.41) is 5.54. The fourth-order valence-corrected chi connectivity index (χ4v) is 3.78. The Morgan fingerprint density at radius 3 is 2.08 bits per heavy atom. The maximum Gasteiger partial charge on any atom is 0.408 e. The molecule has 0 aromatic heterocycles. The van der Waals surface area contributed by atoms with E-state index < -0.39 is 41.1 Å².